The molecule has 2 aliphatic rings. The van der Waals surface area contributed by atoms with Gasteiger partial charge in [-0.05, 0) is 45.0 Å². The summed E-state index contributed by atoms with van der Waals surface area (Å²) in [6, 6.07) is 1.87. The lowest BCUT2D eigenvalue weighted by atomic mass is 9.96. The molecule has 0 atom stereocenters. The van der Waals surface area contributed by atoms with Crippen LogP contribution in [0.15, 0.2) is 18.5 Å². The molecule has 0 bridgehead atoms. The van der Waals surface area contributed by atoms with Gasteiger partial charge in [-0.2, -0.15) is 0 Å². The molecule has 0 radical (unpaired) electrons. The van der Waals surface area contributed by atoms with Crippen LogP contribution in [-0.4, -0.2) is 72.6 Å². The molecule has 0 aromatic carbocycles. The third-order valence-corrected chi connectivity index (χ3v) is 4.56. The standard InChI is InChI=1S/C15H25N5/c1-18-7-3-14(4-8-18)13-19-9-11-20(12-10-19)15-16-5-2-6-17-15/h2,5-6,14H,3-4,7-13H2,1H3. The van der Waals surface area contributed by atoms with Gasteiger partial charge in [0, 0.05) is 45.1 Å². The van der Waals surface area contributed by atoms with Crippen molar-refractivity contribution in [1.82, 2.24) is 19.8 Å². The lowest BCUT2D eigenvalue weighted by Gasteiger charge is -2.38. The fourth-order valence-corrected chi connectivity index (χ4v) is 3.19. The van der Waals surface area contributed by atoms with E-state index >= 15 is 0 Å². The van der Waals surface area contributed by atoms with E-state index in [1.54, 1.807) is 0 Å². The largest absolute Gasteiger partial charge is 0.338 e. The van der Waals surface area contributed by atoms with E-state index < -0.39 is 0 Å². The Balaban J connectivity index is 1.44. The summed E-state index contributed by atoms with van der Waals surface area (Å²) in [6.07, 6.45) is 6.37. The molecule has 3 heterocycles. The average Bonchev–Trinajstić information content (AvgIpc) is 2.51. The van der Waals surface area contributed by atoms with Gasteiger partial charge in [-0.1, -0.05) is 0 Å². The van der Waals surface area contributed by atoms with Crippen molar-refractivity contribution in [3.8, 4) is 0 Å². The zero-order valence-corrected chi connectivity index (χ0v) is 12.4. The summed E-state index contributed by atoms with van der Waals surface area (Å²) < 4.78 is 0. The molecule has 1 aromatic rings. The van der Waals surface area contributed by atoms with Crippen LogP contribution in [0.4, 0.5) is 5.95 Å². The highest BCUT2D eigenvalue weighted by atomic mass is 15.3. The normalized spacial score (nSPS) is 23.1. The van der Waals surface area contributed by atoms with Gasteiger partial charge in [-0.15, -0.1) is 0 Å². The van der Waals surface area contributed by atoms with Crippen molar-refractivity contribution >= 4 is 5.95 Å². The molecular weight excluding hydrogens is 250 g/mol. The number of anilines is 1. The van der Waals surface area contributed by atoms with E-state index in [1.807, 2.05) is 18.5 Å². The summed E-state index contributed by atoms with van der Waals surface area (Å²) in [6.45, 7) is 8.20. The highest BCUT2D eigenvalue weighted by Gasteiger charge is 2.23. The molecule has 0 saturated carbocycles. The third-order valence-electron chi connectivity index (χ3n) is 4.56. The van der Waals surface area contributed by atoms with Gasteiger partial charge in [-0.25, -0.2) is 9.97 Å². The minimum Gasteiger partial charge on any atom is -0.338 e. The molecule has 0 amide bonds. The molecule has 0 aliphatic carbocycles. The summed E-state index contributed by atoms with van der Waals surface area (Å²) in [7, 11) is 2.23. The van der Waals surface area contributed by atoms with Gasteiger partial charge in [-0.3, -0.25) is 4.90 Å². The highest BCUT2D eigenvalue weighted by molar-refractivity contribution is 5.29. The van der Waals surface area contributed by atoms with E-state index in [4.69, 9.17) is 0 Å². The molecular formula is C15H25N5. The maximum absolute atomic E-state index is 4.34. The van der Waals surface area contributed by atoms with E-state index in [0.717, 1.165) is 38.0 Å². The second kappa shape index (κ2) is 6.50. The number of likely N-dealkylation sites (tertiary alicyclic amines) is 1. The summed E-state index contributed by atoms with van der Waals surface area (Å²) in [5.74, 6) is 1.78. The van der Waals surface area contributed by atoms with Crippen LogP contribution in [0.25, 0.3) is 0 Å². The van der Waals surface area contributed by atoms with Gasteiger partial charge in [0.1, 0.15) is 0 Å². The molecule has 3 rings (SSSR count). The van der Waals surface area contributed by atoms with Crippen LogP contribution >= 0.6 is 0 Å². The Labute approximate surface area is 121 Å². The van der Waals surface area contributed by atoms with E-state index in [9.17, 15) is 0 Å². The first kappa shape index (κ1) is 13.8. The quantitative estimate of drug-likeness (QED) is 0.820. The van der Waals surface area contributed by atoms with Crippen LogP contribution in [0.1, 0.15) is 12.8 Å². The fourth-order valence-electron chi connectivity index (χ4n) is 3.19. The zero-order chi connectivity index (χ0) is 13.8. The van der Waals surface area contributed by atoms with E-state index in [1.165, 1.54) is 32.5 Å². The number of piperidine rings is 1. The average molecular weight is 275 g/mol. The predicted octanol–water partition coefficient (Wildman–Crippen LogP) is 0.940. The Kier molecular flexibility index (Phi) is 4.47. The van der Waals surface area contributed by atoms with Gasteiger partial charge >= 0.3 is 0 Å². The molecule has 0 unspecified atom stereocenters. The highest BCUT2D eigenvalue weighted by Crippen LogP contribution is 2.18. The Bertz CT molecular complexity index is 394. The Morgan fingerprint density at radius 2 is 1.65 bits per heavy atom. The Morgan fingerprint density at radius 1 is 1.00 bits per heavy atom. The molecule has 110 valence electrons. The monoisotopic (exact) mass is 275 g/mol. The molecule has 2 aliphatic heterocycles. The summed E-state index contributed by atoms with van der Waals surface area (Å²) in [4.78, 5) is 16.0. The lowest BCUT2D eigenvalue weighted by Crippen LogP contribution is -2.49. The number of rotatable bonds is 3. The van der Waals surface area contributed by atoms with Crippen LogP contribution in [0.3, 0.4) is 0 Å². The van der Waals surface area contributed by atoms with E-state index in [2.05, 4.69) is 31.7 Å². The van der Waals surface area contributed by atoms with Crippen LogP contribution < -0.4 is 4.90 Å². The summed E-state index contributed by atoms with van der Waals surface area (Å²) in [5, 5.41) is 0. The van der Waals surface area contributed by atoms with Crippen molar-refractivity contribution in [3.63, 3.8) is 0 Å². The second-order valence-electron chi connectivity index (χ2n) is 6.08. The van der Waals surface area contributed by atoms with Crippen LogP contribution in [-0.2, 0) is 0 Å². The van der Waals surface area contributed by atoms with Crippen LogP contribution in [0.5, 0.6) is 0 Å². The molecule has 20 heavy (non-hydrogen) atoms. The SMILES string of the molecule is CN1CCC(CN2CCN(c3ncccn3)CC2)CC1. The van der Waals surface area contributed by atoms with Crippen molar-refractivity contribution in [2.24, 2.45) is 5.92 Å². The minimum absolute atomic E-state index is 0.881. The molecule has 5 heteroatoms. The summed E-state index contributed by atoms with van der Waals surface area (Å²) >= 11 is 0. The molecule has 1 aromatic heterocycles. The van der Waals surface area contributed by atoms with Crippen molar-refractivity contribution in [2.75, 3.05) is 57.8 Å². The van der Waals surface area contributed by atoms with Gasteiger partial charge in [0.15, 0.2) is 0 Å². The lowest BCUT2D eigenvalue weighted by molar-refractivity contribution is 0.155. The van der Waals surface area contributed by atoms with E-state index in [-0.39, 0.29) is 0 Å². The topological polar surface area (TPSA) is 35.5 Å². The molecule has 2 fully saturated rings. The Morgan fingerprint density at radius 3 is 2.30 bits per heavy atom. The van der Waals surface area contributed by atoms with Gasteiger partial charge in [0.25, 0.3) is 0 Å². The molecule has 5 nitrogen and oxygen atoms in total. The molecule has 0 N–H and O–H groups in total. The van der Waals surface area contributed by atoms with Crippen molar-refractivity contribution < 1.29 is 0 Å². The number of piperazine rings is 1. The number of hydrogen-bond acceptors (Lipinski definition) is 5. The number of nitrogens with zero attached hydrogens (tertiary/aromatic N) is 5. The van der Waals surface area contributed by atoms with Crippen molar-refractivity contribution in [3.05, 3.63) is 18.5 Å². The smallest absolute Gasteiger partial charge is 0.225 e. The van der Waals surface area contributed by atoms with Gasteiger partial charge < -0.3 is 9.80 Å². The predicted molar refractivity (Wildman–Crippen MR) is 80.9 cm³/mol. The maximum Gasteiger partial charge on any atom is 0.225 e. The number of aromatic nitrogens is 2. The van der Waals surface area contributed by atoms with E-state index in [0.29, 0.717) is 0 Å². The molecule has 0 spiro atoms. The Hall–Kier alpha value is -1.20. The first-order valence-corrected chi connectivity index (χ1v) is 7.74. The summed E-state index contributed by atoms with van der Waals surface area (Å²) in [5.41, 5.74) is 0. The van der Waals surface area contributed by atoms with Crippen LogP contribution in [0.2, 0.25) is 0 Å². The number of hydrogen-bond donors (Lipinski definition) is 0. The van der Waals surface area contributed by atoms with Crippen LogP contribution in [0, 0.1) is 5.92 Å². The minimum atomic E-state index is 0.881. The third kappa shape index (κ3) is 3.46. The van der Waals surface area contributed by atoms with Crippen molar-refractivity contribution in [2.45, 2.75) is 12.8 Å². The first-order chi connectivity index (χ1) is 9.81. The first-order valence-electron chi connectivity index (χ1n) is 7.74. The van der Waals surface area contributed by atoms with Crippen molar-refractivity contribution in [1.29, 1.82) is 0 Å². The van der Waals surface area contributed by atoms with Gasteiger partial charge in [0.2, 0.25) is 5.95 Å². The maximum atomic E-state index is 4.34. The zero-order valence-electron chi connectivity index (χ0n) is 12.4. The molecule has 2 saturated heterocycles. The van der Waals surface area contributed by atoms with Gasteiger partial charge in [0.05, 0.1) is 0 Å². The fraction of sp³-hybridized carbons (Fsp3) is 0.733. The second-order valence-corrected chi connectivity index (χ2v) is 6.08.